The molecule has 1 aromatic heterocycles. The summed E-state index contributed by atoms with van der Waals surface area (Å²) in [4.78, 5) is 0. The lowest BCUT2D eigenvalue weighted by Crippen LogP contribution is -1.93. The molecule has 2 rings (SSSR count). The number of alkyl halides is 1. The molecule has 0 aliphatic heterocycles. The molecule has 0 spiro atoms. The van der Waals surface area contributed by atoms with Crippen molar-refractivity contribution in [3.8, 4) is 17.2 Å². The molecule has 0 unspecified atom stereocenters. The molecule has 0 saturated heterocycles. The van der Waals surface area contributed by atoms with Crippen molar-refractivity contribution in [1.82, 2.24) is 4.57 Å². The Balaban J connectivity index is 2.44. The average molecular weight is 310 g/mol. The van der Waals surface area contributed by atoms with Crippen molar-refractivity contribution in [2.45, 2.75) is 6.54 Å². The van der Waals surface area contributed by atoms with E-state index in [1.807, 2.05) is 41.2 Å². The van der Waals surface area contributed by atoms with Gasteiger partial charge >= 0.3 is 0 Å². The van der Waals surface area contributed by atoms with Crippen LogP contribution in [-0.2, 0) is 6.54 Å². The maximum atomic E-state index is 9.11. The highest BCUT2D eigenvalue weighted by Gasteiger charge is 2.08. The van der Waals surface area contributed by atoms with Gasteiger partial charge in [0.05, 0.1) is 5.56 Å². The molecule has 0 atom stereocenters. The Morgan fingerprint density at radius 1 is 1.24 bits per heavy atom. The summed E-state index contributed by atoms with van der Waals surface area (Å²) in [5, 5.41) is 10.7. The third-order valence-electron chi connectivity index (χ3n) is 2.50. The Labute approximate surface area is 114 Å². The molecule has 2 nitrogen and oxygen atoms in total. The third-order valence-corrected chi connectivity index (χ3v) is 3.11. The largest absolute Gasteiger partial charge is 0.351 e. The first kappa shape index (κ1) is 12.2. The zero-order chi connectivity index (χ0) is 12.3. The van der Waals surface area contributed by atoms with Gasteiger partial charge in [0.15, 0.2) is 0 Å². The fourth-order valence-corrected chi connectivity index (χ4v) is 2.22. The lowest BCUT2D eigenvalue weighted by atomic mass is 10.1. The van der Waals surface area contributed by atoms with Crippen molar-refractivity contribution < 1.29 is 0 Å². The van der Waals surface area contributed by atoms with Crippen LogP contribution in [0.2, 0.25) is 5.02 Å². The van der Waals surface area contributed by atoms with Crippen LogP contribution in [0.25, 0.3) is 11.1 Å². The summed E-state index contributed by atoms with van der Waals surface area (Å²) >= 11 is 9.24. The lowest BCUT2D eigenvalue weighted by molar-refractivity contribution is 0.782. The molecule has 17 heavy (non-hydrogen) atoms. The number of hydrogen-bond donors (Lipinski definition) is 0. The van der Waals surface area contributed by atoms with E-state index in [9.17, 15) is 0 Å². The highest BCUT2D eigenvalue weighted by molar-refractivity contribution is 9.09. The molecule has 0 bridgehead atoms. The van der Waals surface area contributed by atoms with E-state index in [2.05, 4.69) is 22.0 Å². The second-order valence-corrected chi connectivity index (χ2v) is 4.86. The Hall–Kier alpha value is -1.24. The number of hydrogen-bond acceptors (Lipinski definition) is 1. The average Bonchev–Trinajstić information content (AvgIpc) is 2.74. The van der Waals surface area contributed by atoms with Crippen molar-refractivity contribution >= 4 is 27.5 Å². The van der Waals surface area contributed by atoms with Crippen molar-refractivity contribution in [3.63, 3.8) is 0 Å². The zero-order valence-corrected chi connectivity index (χ0v) is 11.4. The van der Waals surface area contributed by atoms with Crippen molar-refractivity contribution in [2.24, 2.45) is 0 Å². The summed E-state index contributed by atoms with van der Waals surface area (Å²) < 4.78 is 2.01. The van der Waals surface area contributed by atoms with Gasteiger partial charge in [-0.25, -0.2) is 0 Å². The standard InChI is InChI=1S/C13H10BrClN2/c14-5-6-17-8-11(7-16)13(9-17)10-1-3-12(15)4-2-10/h1-4,8-9H,5-6H2. The van der Waals surface area contributed by atoms with Crippen LogP contribution in [0.5, 0.6) is 0 Å². The number of aromatic nitrogens is 1. The molecule has 86 valence electrons. The Kier molecular flexibility index (Phi) is 3.88. The monoisotopic (exact) mass is 308 g/mol. The number of halogens is 2. The predicted octanol–water partition coefficient (Wildman–Crippen LogP) is 4.08. The minimum absolute atomic E-state index is 0.688. The van der Waals surface area contributed by atoms with E-state index >= 15 is 0 Å². The summed E-state index contributed by atoms with van der Waals surface area (Å²) in [7, 11) is 0. The molecule has 0 radical (unpaired) electrons. The molecule has 0 aliphatic carbocycles. The van der Waals surface area contributed by atoms with Crippen molar-refractivity contribution in [2.75, 3.05) is 5.33 Å². The van der Waals surface area contributed by atoms with E-state index in [0.29, 0.717) is 10.6 Å². The van der Waals surface area contributed by atoms with Crippen LogP contribution >= 0.6 is 27.5 Å². The van der Waals surface area contributed by atoms with E-state index in [4.69, 9.17) is 16.9 Å². The quantitative estimate of drug-likeness (QED) is 0.786. The van der Waals surface area contributed by atoms with E-state index in [1.165, 1.54) is 0 Å². The van der Waals surface area contributed by atoms with Gasteiger partial charge < -0.3 is 4.57 Å². The number of aryl methyl sites for hydroxylation is 1. The molecule has 0 amide bonds. The molecule has 0 N–H and O–H groups in total. The van der Waals surface area contributed by atoms with Crippen LogP contribution in [0, 0.1) is 11.3 Å². The Morgan fingerprint density at radius 2 is 1.94 bits per heavy atom. The summed E-state index contributed by atoms with van der Waals surface area (Å²) in [5.74, 6) is 0. The number of nitriles is 1. The minimum atomic E-state index is 0.688. The van der Waals surface area contributed by atoms with Crippen LogP contribution in [0.1, 0.15) is 5.56 Å². The van der Waals surface area contributed by atoms with Crippen molar-refractivity contribution in [1.29, 1.82) is 5.26 Å². The van der Waals surface area contributed by atoms with Gasteiger partial charge in [0, 0.05) is 34.9 Å². The van der Waals surface area contributed by atoms with Gasteiger partial charge in [-0.1, -0.05) is 39.7 Å². The molecule has 0 fully saturated rings. The number of benzene rings is 1. The Bertz CT molecular complexity index is 552. The maximum Gasteiger partial charge on any atom is 0.101 e. The fourth-order valence-electron chi connectivity index (χ4n) is 1.68. The predicted molar refractivity (Wildman–Crippen MR) is 73.4 cm³/mol. The molecule has 2 aromatic rings. The topological polar surface area (TPSA) is 28.7 Å². The highest BCUT2D eigenvalue weighted by atomic mass is 79.9. The SMILES string of the molecule is N#Cc1cn(CCBr)cc1-c1ccc(Cl)cc1. The molecule has 4 heteroatoms. The Morgan fingerprint density at radius 3 is 2.53 bits per heavy atom. The van der Waals surface area contributed by atoms with E-state index in [1.54, 1.807) is 0 Å². The highest BCUT2D eigenvalue weighted by Crippen LogP contribution is 2.25. The van der Waals surface area contributed by atoms with Gasteiger partial charge in [-0.3, -0.25) is 0 Å². The van der Waals surface area contributed by atoms with Gasteiger partial charge in [0.1, 0.15) is 6.07 Å². The first-order valence-corrected chi connectivity index (χ1v) is 6.66. The van der Waals surface area contributed by atoms with Gasteiger partial charge in [-0.15, -0.1) is 0 Å². The second kappa shape index (κ2) is 5.39. The first-order valence-electron chi connectivity index (χ1n) is 5.16. The molecule has 1 aromatic carbocycles. The molecular formula is C13H10BrClN2. The summed E-state index contributed by atoms with van der Waals surface area (Å²) in [5.41, 5.74) is 2.65. The van der Waals surface area contributed by atoms with E-state index in [0.717, 1.165) is 23.0 Å². The number of rotatable bonds is 3. The van der Waals surface area contributed by atoms with Gasteiger partial charge in [-0.2, -0.15) is 5.26 Å². The second-order valence-electron chi connectivity index (χ2n) is 3.63. The first-order chi connectivity index (χ1) is 8.24. The minimum Gasteiger partial charge on any atom is -0.351 e. The van der Waals surface area contributed by atoms with Crippen LogP contribution in [0.3, 0.4) is 0 Å². The lowest BCUT2D eigenvalue weighted by Gasteiger charge is -1.99. The molecule has 1 heterocycles. The molecule has 0 aliphatic rings. The van der Waals surface area contributed by atoms with Crippen LogP contribution in [0.4, 0.5) is 0 Å². The van der Waals surface area contributed by atoms with E-state index < -0.39 is 0 Å². The van der Waals surface area contributed by atoms with Crippen LogP contribution in [0.15, 0.2) is 36.7 Å². The molecular weight excluding hydrogens is 300 g/mol. The van der Waals surface area contributed by atoms with Crippen molar-refractivity contribution in [3.05, 3.63) is 47.2 Å². The fraction of sp³-hybridized carbons (Fsp3) is 0.154. The summed E-state index contributed by atoms with van der Waals surface area (Å²) in [6, 6.07) is 9.74. The van der Waals surface area contributed by atoms with E-state index in [-0.39, 0.29) is 0 Å². The maximum absolute atomic E-state index is 9.11. The van der Waals surface area contributed by atoms with Crippen LogP contribution < -0.4 is 0 Å². The summed E-state index contributed by atoms with van der Waals surface area (Å²) in [6.45, 7) is 0.849. The molecule has 0 saturated carbocycles. The third kappa shape index (κ3) is 2.71. The smallest absolute Gasteiger partial charge is 0.101 e. The normalized spacial score (nSPS) is 10.2. The van der Waals surface area contributed by atoms with Gasteiger partial charge in [-0.05, 0) is 17.7 Å². The number of nitrogens with zero attached hydrogens (tertiary/aromatic N) is 2. The summed E-state index contributed by atoms with van der Waals surface area (Å²) in [6.07, 6.45) is 3.86. The zero-order valence-electron chi connectivity index (χ0n) is 9.03. The van der Waals surface area contributed by atoms with Gasteiger partial charge in [0.25, 0.3) is 0 Å². The van der Waals surface area contributed by atoms with Gasteiger partial charge in [0.2, 0.25) is 0 Å². The van der Waals surface area contributed by atoms with Crippen LogP contribution in [-0.4, -0.2) is 9.90 Å².